The van der Waals surface area contributed by atoms with Gasteiger partial charge < -0.3 is 0 Å². The normalized spacial score (nSPS) is 11.4. The van der Waals surface area contributed by atoms with Crippen LogP contribution in [0.4, 0.5) is 10.1 Å². The topological polar surface area (TPSA) is 46.2 Å². The third-order valence-electron chi connectivity index (χ3n) is 2.03. The number of nitrogens with one attached hydrogen (secondary N) is 1. The van der Waals surface area contributed by atoms with E-state index in [1.165, 1.54) is 12.1 Å². The van der Waals surface area contributed by atoms with Crippen molar-refractivity contribution >= 4 is 27.3 Å². The second-order valence-corrected chi connectivity index (χ2v) is 5.62. The van der Waals surface area contributed by atoms with Gasteiger partial charge in [-0.2, -0.15) is 0 Å². The molecule has 90 valence electrons. The van der Waals surface area contributed by atoms with Crippen molar-refractivity contribution in [1.82, 2.24) is 0 Å². The minimum Gasteiger partial charge on any atom is -0.280 e. The Bertz CT molecular complexity index is 442. The summed E-state index contributed by atoms with van der Waals surface area (Å²) in [4.78, 5) is 0. The van der Waals surface area contributed by atoms with Crippen molar-refractivity contribution in [3.63, 3.8) is 0 Å². The average Bonchev–Trinajstić information content (AvgIpc) is 2.21. The van der Waals surface area contributed by atoms with Gasteiger partial charge in [0.1, 0.15) is 5.82 Å². The zero-order valence-electron chi connectivity index (χ0n) is 8.83. The van der Waals surface area contributed by atoms with Gasteiger partial charge >= 0.3 is 0 Å². The molecular formula is C10H13ClFNO2S. The highest BCUT2D eigenvalue weighted by Gasteiger charge is 2.14. The lowest BCUT2D eigenvalue weighted by molar-refractivity contribution is 0.597. The van der Waals surface area contributed by atoms with Gasteiger partial charge in [-0.25, -0.2) is 12.8 Å². The molecule has 1 aromatic rings. The molecule has 16 heavy (non-hydrogen) atoms. The lowest BCUT2D eigenvalue weighted by Gasteiger charge is -2.10. The molecule has 0 saturated heterocycles. The summed E-state index contributed by atoms with van der Waals surface area (Å²) in [6.45, 7) is 1.64. The first-order chi connectivity index (χ1) is 7.46. The fraction of sp³-hybridized carbons (Fsp3) is 0.400. The van der Waals surface area contributed by atoms with E-state index < -0.39 is 15.8 Å². The summed E-state index contributed by atoms with van der Waals surface area (Å²) < 4.78 is 38.6. The molecule has 1 rings (SSSR count). The monoisotopic (exact) mass is 265 g/mol. The molecule has 0 aliphatic rings. The van der Waals surface area contributed by atoms with Crippen molar-refractivity contribution in [3.8, 4) is 0 Å². The SMILES string of the molecule is Cc1cccc(F)c1NS(=O)(=O)CCCCl. The van der Waals surface area contributed by atoms with Crippen LogP contribution in [-0.4, -0.2) is 20.1 Å². The van der Waals surface area contributed by atoms with Crippen LogP contribution < -0.4 is 4.72 Å². The van der Waals surface area contributed by atoms with E-state index in [2.05, 4.69) is 4.72 Å². The van der Waals surface area contributed by atoms with E-state index in [9.17, 15) is 12.8 Å². The van der Waals surface area contributed by atoms with Gasteiger partial charge in [0.2, 0.25) is 10.0 Å². The maximum absolute atomic E-state index is 13.3. The van der Waals surface area contributed by atoms with E-state index in [0.29, 0.717) is 12.0 Å². The van der Waals surface area contributed by atoms with Gasteiger partial charge in [-0.05, 0) is 25.0 Å². The maximum Gasteiger partial charge on any atom is 0.232 e. The second kappa shape index (κ2) is 5.50. The number of alkyl halides is 1. The summed E-state index contributed by atoms with van der Waals surface area (Å²) >= 11 is 5.41. The molecule has 0 radical (unpaired) electrons. The Labute approximate surface area is 99.7 Å². The maximum atomic E-state index is 13.3. The molecule has 6 heteroatoms. The van der Waals surface area contributed by atoms with Crippen LogP contribution >= 0.6 is 11.6 Å². The Hall–Kier alpha value is -0.810. The van der Waals surface area contributed by atoms with Crippen LogP contribution in [0, 0.1) is 12.7 Å². The second-order valence-electron chi connectivity index (χ2n) is 3.40. The summed E-state index contributed by atoms with van der Waals surface area (Å²) in [5, 5.41) is 0. The molecule has 1 N–H and O–H groups in total. The van der Waals surface area contributed by atoms with Crippen LogP contribution in [0.2, 0.25) is 0 Å². The minimum atomic E-state index is -3.52. The molecule has 0 aliphatic heterocycles. The first-order valence-electron chi connectivity index (χ1n) is 4.78. The number of hydrogen-bond donors (Lipinski definition) is 1. The zero-order valence-corrected chi connectivity index (χ0v) is 10.4. The van der Waals surface area contributed by atoms with Crippen molar-refractivity contribution in [3.05, 3.63) is 29.6 Å². The molecule has 0 aliphatic carbocycles. The van der Waals surface area contributed by atoms with E-state index in [-0.39, 0.29) is 17.3 Å². The number of sulfonamides is 1. The summed E-state index contributed by atoms with van der Waals surface area (Å²) in [7, 11) is -3.52. The van der Waals surface area contributed by atoms with Crippen molar-refractivity contribution in [1.29, 1.82) is 0 Å². The van der Waals surface area contributed by atoms with E-state index >= 15 is 0 Å². The fourth-order valence-electron chi connectivity index (χ4n) is 1.21. The van der Waals surface area contributed by atoms with E-state index in [1.807, 2.05) is 0 Å². The third-order valence-corrected chi connectivity index (χ3v) is 3.63. The van der Waals surface area contributed by atoms with Crippen LogP contribution in [0.5, 0.6) is 0 Å². The first-order valence-corrected chi connectivity index (χ1v) is 6.96. The predicted molar refractivity (Wildman–Crippen MR) is 63.9 cm³/mol. The number of para-hydroxylation sites is 1. The number of hydrogen-bond acceptors (Lipinski definition) is 2. The molecule has 0 saturated carbocycles. The highest BCUT2D eigenvalue weighted by atomic mass is 35.5. The van der Waals surface area contributed by atoms with Gasteiger partial charge in [-0.15, -0.1) is 11.6 Å². The molecule has 0 aromatic heterocycles. The van der Waals surface area contributed by atoms with Gasteiger partial charge in [0, 0.05) is 5.88 Å². The van der Waals surface area contributed by atoms with E-state index in [1.54, 1.807) is 13.0 Å². The smallest absolute Gasteiger partial charge is 0.232 e. The Morgan fingerprint density at radius 1 is 1.44 bits per heavy atom. The van der Waals surface area contributed by atoms with Crippen LogP contribution in [0.15, 0.2) is 18.2 Å². The molecule has 0 unspecified atom stereocenters. The molecule has 1 aromatic carbocycles. The van der Waals surface area contributed by atoms with Crippen LogP contribution in [-0.2, 0) is 10.0 Å². The van der Waals surface area contributed by atoms with Crippen LogP contribution in [0.25, 0.3) is 0 Å². The minimum absolute atomic E-state index is 0.0112. The molecule has 0 atom stereocenters. The van der Waals surface area contributed by atoms with E-state index in [0.717, 1.165) is 0 Å². The van der Waals surface area contributed by atoms with Crippen molar-refractivity contribution in [2.75, 3.05) is 16.4 Å². The summed E-state index contributed by atoms with van der Waals surface area (Å²) in [6.07, 6.45) is 0.338. The summed E-state index contributed by atoms with van der Waals surface area (Å²) in [5.41, 5.74) is 0.562. The Morgan fingerprint density at radius 3 is 2.69 bits per heavy atom. The van der Waals surface area contributed by atoms with Crippen molar-refractivity contribution in [2.24, 2.45) is 0 Å². The quantitative estimate of drug-likeness (QED) is 0.832. The van der Waals surface area contributed by atoms with Crippen LogP contribution in [0.3, 0.4) is 0 Å². The lowest BCUT2D eigenvalue weighted by atomic mass is 10.2. The number of anilines is 1. The van der Waals surface area contributed by atoms with Crippen molar-refractivity contribution < 1.29 is 12.8 Å². The number of halogens is 2. The fourth-order valence-corrected chi connectivity index (χ4v) is 2.70. The predicted octanol–water partition coefficient (Wildman–Crippen LogP) is 2.50. The molecule has 0 fully saturated rings. The van der Waals surface area contributed by atoms with Gasteiger partial charge in [0.05, 0.1) is 11.4 Å². The van der Waals surface area contributed by atoms with E-state index in [4.69, 9.17) is 11.6 Å². The Kier molecular flexibility index (Phi) is 4.56. The third kappa shape index (κ3) is 3.64. The highest BCUT2D eigenvalue weighted by molar-refractivity contribution is 7.92. The average molecular weight is 266 g/mol. The Balaban J connectivity index is 2.88. The molecule has 0 heterocycles. The molecule has 0 spiro atoms. The first kappa shape index (κ1) is 13.3. The number of rotatable bonds is 5. The standard InChI is InChI=1S/C10H13ClFNO2S/c1-8-4-2-5-9(12)10(8)13-16(14,15)7-3-6-11/h2,4-5,13H,3,6-7H2,1H3. The highest BCUT2D eigenvalue weighted by Crippen LogP contribution is 2.20. The number of benzene rings is 1. The van der Waals surface area contributed by atoms with Gasteiger partial charge in [0.15, 0.2) is 0 Å². The van der Waals surface area contributed by atoms with Gasteiger partial charge in [-0.1, -0.05) is 12.1 Å². The molecule has 0 bridgehead atoms. The molecular weight excluding hydrogens is 253 g/mol. The molecule has 0 amide bonds. The molecule has 3 nitrogen and oxygen atoms in total. The summed E-state index contributed by atoms with van der Waals surface area (Å²) in [6, 6.07) is 4.39. The van der Waals surface area contributed by atoms with Crippen molar-refractivity contribution in [2.45, 2.75) is 13.3 Å². The Morgan fingerprint density at radius 2 is 2.12 bits per heavy atom. The number of aryl methyl sites for hydroxylation is 1. The van der Waals surface area contributed by atoms with Gasteiger partial charge in [0.25, 0.3) is 0 Å². The largest absolute Gasteiger partial charge is 0.280 e. The zero-order chi connectivity index (χ0) is 12.2. The summed E-state index contributed by atoms with van der Waals surface area (Å²) in [5.74, 6) is -0.420. The van der Waals surface area contributed by atoms with Gasteiger partial charge in [-0.3, -0.25) is 4.72 Å². The lowest BCUT2D eigenvalue weighted by Crippen LogP contribution is -2.18. The van der Waals surface area contributed by atoms with Crippen LogP contribution in [0.1, 0.15) is 12.0 Å².